The summed E-state index contributed by atoms with van der Waals surface area (Å²) < 4.78 is 0. The molecule has 2 N–H and O–H groups in total. The smallest absolute Gasteiger partial charge is 0.310 e. The summed E-state index contributed by atoms with van der Waals surface area (Å²) in [7, 11) is 1.89. The van der Waals surface area contributed by atoms with Crippen LogP contribution in [0.2, 0.25) is 0 Å². The van der Waals surface area contributed by atoms with Crippen LogP contribution < -0.4 is 5.32 Å². The Morgan fingerprint density at radius 1 is 1.50 bits per heavy atom. The number of carbonyl (C=O) groups is 1. The second-order valence-electron chi connectivity index (χ2n) is 4.03. The van der Waals surface area contributed by atoms with Crippen molar-refractivity contribution in [1.29, 1.82) is 0 Å². The molecule has 0 aliphatic heterocycles. The van der Waals surface area contributed by atoms with Gasteiger partial charge in [0, 0.05) is 5.88 Å². The molecular formula is C12H23NO2S. The minimum absolute atomic E-state index is 0.348. The van der Waals surface area contributed by atoms with Gasteiger partial charge in [-0.1, -0.05) is 20.3 Å². The van der Waals surface area contributed by atoms with Gasteiger partial charge >= 0.3 is 5.97 Å². The molecule has 0 fully saturated rings. The van der Waals surface area contributed by atoms with Crippen molar-refractivity contribution in [3.05, 3.63) is 11.0 Å². The molecule has 0 rings (SSSR count). The SMILES string of the molecule is CCCC(C)C(=CSCNC)C(C)C(=O)O. The molecule has 0 aromatic rings. The van der Waals surface area contributed by atoms with E-state index in [0.29, 0.717) is 5.92 Å². The van der Waals surface area contributed by atoms with Crippen molar-refractivity contribution in [2.75, 3.05) is 12.9 Å². The van der Waals surface area contributed by atoms with Gasteiger partial charge in [0.05, 0.1) is 5.92 Å². The predicted molar refractivity (Wildman–Crippen MR) is 70.5 cm³/mol. The van der Waals surface area contributed by atoms with Crippen LogP contribution in [0.1, 0.15) is 33.6 Å². The summed E-state index contributed by atoms with van der Waals surface area (Å²) in [5.41, 5.74) is 1.04. The van der Waals surface area contributed by atoms with Crippen LogP contribution >= 0.6 is 11.8 Å². The molecule has 2 unspecified atom stereocenters. The Hall–Kier alpha value is -0.480. The maximum absolute atomic E-state index is 11.0. The predicted octanol–water partition coefficient (Wildman–Crippen LogP) is 2.94. The quantitative estimate of drug-likeness (QED) is 0.510. The molecule has 94 valence electrons. The standard InChI is InChI=1S/C12H23NO2S/c1-5-6-9(2)11(7-16-8-13-4)10(3)12(14)15/h7,9-10,13H,5-6,8H2,1-4H3,(H,14,15). The number of nitrogens with one attached hydrogen (secondary N) is 1. The van der Waals surface area contributed by atoms with Gasteiger partial charge in [-0.05, 0) is 37.3 Å². The molecule has 0 heterocycles. The number of aliphatic carboxylic acids is 1. The van der Waals surface area contributed by atoms with Crippen LogP contribution in [0, 0.1) is 11.8 Å². The summed E-state index contributed by atoms with van der Waals surface area (Å²) >= 11 is 1.62. The lowest BCUT2D eigenvalue weighted by Gasteiger charge is -2.19. The maximum atomic E-state index is 11.0. The van der Waals surface area contributed by atoms with Crippen LogP contribution in [0.25, 0.3) is 0 Å². The zero-order valence-corrected chi connectivity index (χ0v) is 11.4. The highest BCUT2D eigenvalue weighted by molar-refractivity contribution is 8.02. The lowest BCUT2D eigenvalue weighted by atomic mass is 9.88. The van der Waals surface area contributed by atoms with E-state index in [9.17, 15) is 4.79 Å². The Kier molecular flexibility index (Phi) is 8.39. The highest BCUT2D eigenvalue weighted by Gasteiger charge is 2.20. The van der Waals surface area contributed by atoms with E-state index in [1.54, 1.807) is 18.7 Å². The first-order valence-electron chi connectivity index (χ1n) is 5.73. The van der Waals surface area contributed by atoms with Gasteiger partial charge in [-0.2, -0.15) is 0 Å². The lowest BCUT2D eigenvalue weighted by Crippen LogP contribution is -2.17. The van der Waals surface area contributed by atoms with E-state index < -0.39 is 5.97 Å². The van der Waals surface area contributed by atoms with Crippen molar-refractivity contribution < 1.29 is 9.90 Å². The average Bonchev–Trinajstić information content (AvgIpc) is 2.23. The maximum Gasteiger partial charge on any atom is 0.310 e. The van der Waals surface area contributed by atoms with Gasteiger partial charge in [0.25, 0.3) is 0 Å². The van der Waals surface area contributed by atoms with Crippen molar-refractivity contribution in [3.63, 3.8) is 0 Å². The summed E-state index contributed by atoms with van der Waals surface area (Å²) in [4.78, 5) is 11.0. The van der Waals surface area contributed by atoms with Crippen molar-refractivity contribution in [2.24, 2.45) is 11.8 Å². The molecule has 0 amide bonds. The first-order valence-corrected chi connectivity index (χ1v) is 6.78. The van der Waals surface area contributed by atoms with Gasteiger partial charge in [-0.3, -0.25) is 4.79 Å². The molecule has 0 saturated carbocycles. The molecule has 16 heavy (non-hydrogen) atoms. The Morgan fingerprint density at radius 2 is 2.12 bits per heavy atom. The molecule has 2 atom stereocenters. The topological polar surface area (TPSA) is 49.3 Å². The largest absolute Gasteiger partial charge is 0.481 e. The first-order chi connectivity index (χ1) is 7.54. The van der Waals surface area contributed by atoms with E-state index in [1.807, 2.05) is 12.5 Å². The third-order valence-corrected chi connectivity index (χ3v) is 3.50. The number of hydrogen-bond donors (Lipinski definition) is 2. The van der Waals surface area contributed by atoms with Crippen LogP contribution in [0.3, 0.4) is 0 Å². The molecule has 0 radical (unpaired) electrons. The van der Waals surface area contributed by atoms with Gasteiger partial charge in [-0.15, -0.1) is 11.8 Å². The molecule has 0 aromatic carbocycles. The Balaban J connectivity index is 4.61. The van der Waals surface area contributed by atoms with E-state index in [0.717, 1.165) is 24.3 Å². The van der Waals surface area contributed by atoms with Crippen LogP contribution in [0.15, 0.2) is 11.0 Å². The number of rotatable bonds is 8. The molecule has 0 aliphatic rings. The number of hydrogen-bond acceptors (Lipinski definition) is 3. The Morgan fingerprint density at radius 3 is 2.56 bits per heavy atom. The van der Waals surface area contributed by atoms with Crippen LogP contribution in [0.5, 0.6) is 0 Å². The fourth-order valence-electron chi connectivity index (χ4n) is 1.61. The summed E-state index contributed by atoms with van der Waals surface area (Å²) in [6.07, 6.45) is 2.13. The van der Waals surface area contributed by atoms with Crippen molar-refractivity contribution in [1.82, 2.24) is 5.32 Å². The molecule has 0 saturated heterocycles. The lowest BCUT2D eigenvalue weighted by molar-refractivity contribution is -0.140. The van der Waals surface area contributed by atoms with Crippen LogP contribution in [-0.4, -0.2) is 24.0 Å². The minimum atomic E-state index is -0.737. The Bertz CT molecular complexity index is 241. The summed E-state index contributed by atoms with van der Waals surface area (Å²) in [5, 5.41) is 14.1. The Labute approximate surface area is 103 Å². The summed E-state index contributed by atoms with van der Waals surface area (Å²) in [6, 6.07) is 0. The molecular weight excluding hydrogens is 222 g/mol. The average molecular weight is 245 g/mol. The van der Waals surface area contributed by atoms with E-state index in [2.05, 4.69) is 19.2 Å². The van der Waals surface area contributed by atoms with E-state index >= 15 is 0 Å². The van der Waals surface area contributed by atoms with Crippen LogP contribution in [0.4, 0.5) is 0 Å². The monoisotopic (exact) mass is 245 g/mol. The molecule has 0 bridgehead atoms. The normalized spacial score (nSPS) is 15.9. The van der Waals surface area contributed by atoms with Crippen molar-refractivity contribution in [2.45, 2.75) is 33.6 Å². The highest BCUT2D eigenvalue weighted by atomic mass is 32.2. The van der Waals surface area contributed by atoms with Crippen molar-refractivity contribution >= 4 is 17.7 Å². The van der Waals surface area contributed by atoms with Gasteiger partial charge in [0.15, 0.2) is 0 Å². The number of carboxylic acid groups (broad SMARTS) is 1. The molecule has 3 nitrogen and oxygen atoms in total. The molecule has 0 aliphatic carbocycles. The van der Waals surface area contributed by atoms with E-state index in [1.165, 1.54) is 0 Å². The van der Waals surface area contributed by atoms with E-state index in [4.69, 9.17) is 5.11 Å². The fourth-order valence-corrected chi connectivity index (χ4v) is 2.49. The summed E-state index contributed by atoms with van der Waals surface area (Å²) in [6.45, 7) is 6.00. The second kappa shape index (κ2) is 8.65. The van der Waals surface area contributed by atoms with Crippen LogP contribution in [-0.2, 0) is 4.79 Å². The third kappa shape index (κ3) is 5.56. The zero-order chi connectivity index (χ0) is 12.6. The molecule has 0 spiro atoms. The van der Waals surface area contributed by atoms with E-state index in [-0.39, 0.29) is 5.92 Å². The minimum Gasteiger partial charge on any atom is -0.481 e. The van der Waals surface area contributed by atoms with Crippen molar-refractivity contribution in [3.8, 4) is 0 Å². The summed E-state index contributed by atoms with van der Waals surface area (Å²) in [5.74, 6) is 0.0416. The van der Waals surface area contributed by atoms with Gasteiger partial charge in [0.1, 0.15) is 0 Å². The molecule has 0 aromatic heterocycles. The third-order valence-electron chi connectivity index (χ3n) is 2.61. The number of carboxylic acids is 1. The molecule has 4 heteroatoms. The van der Waals surface area contributed by atoms with Gasteiger partial charge in [0.2, 0.25) is 0 Å². The first kappa shape index (κ1) is 15.5. The number of thioether (sulfide) groups is 1. The van der Waals surface area contributed by atoms with Gasteiger partial charge in [-0.25, -0.2) is 0 Å². The zero-order valence-electron chi connectivity index (χ0n) is 10.6. The fraction of sp³-hybridized carbons (Fsp3) is 0.750. The van der Waals surface area contributed by atoms with Gasteiger partial charge < -0.3 is 10.4 Å². The second-order valence-corrected chi connectivity index (χ2v) is 4.89. The highest BCUT2D eigenvalue weighted by Crippen LogP contribution is 2.26.